The van der Waals surface area contributed by atoms with Gasteiger partial charge in [0.2, 0.25) is 5.91 Å². The molecular weight excluding hydrogens is 424 g/mol. The van der Waals surface area contributed by atoms with Crippen LogP contribution in [0.4, 0.5) is 0 Å². The summed E-state index contributed by atoms with van der Waals surface area (Å²) in [5.74, 6) is 1.87. The third kappa shape index (κ3) is 7.90. The van der Waals surface area contributed by atoms with Crippen LogP contribution in [0.2, 0.25) is 0 Å². The number of nitrogens with one attached hydrogen (secondary N) is 1. The van der Waals surface area contributed by atoms with Gasteiger partial charge in [-0.1, -0.05) is 53.5 Å². The van der Waals surface area contributed by atoms with Crippen molar-refractivity contribution in [3.05, 3.63) is 29.8 Å². The predicted octanol–water partition coefficient (Wildman–Crippen LogP) is 5.75. The van der Waals surface area contributed by atoms with Gasteiger partial charge in [0.1, 0.15) is 5.75 Å². The third-order valence-electron chi connectivity index (χ3n) is 6.92. The van der Waals surface area contributed by atoms with E-state index in [4.69, 9.17) is 0 Å². The third-order valence-corrected chi connectivity index (χ3v) is 9.93. The number of aromatic hydroxyl groups is 1. The predicted molar refractivity (Wildman–Crippen MR) is 135 cm³/mol. The van der Waals surface area contributed by atoms with Gasteiger partial charge in [0.05, 0.1) is 0 Å². The highest BCUT2D eigenvalue weighted by atomic mass is 33.1. The molecule has 2 fully saturated rings. The number of carbonyl (C=O) groups is 1. The summed E-state index contributed by atoms with van der Waals surface area (Å²) in [5, 5.41) is 13.9. The zero-order chi connectivity index (χ0) is 21.9. The number of amides is 1. The Morgan fingerprint density at radius 3 is 2.97 bits per heavy atom. The molecule has 0 radical (unpaired) electrons. The van der Waals surface area contributed by atoms with Crippen LogP contribution >= 0.6 is 21.6 Å². The van der Waals surface area contributed by atoms with Gasteiger partial charge in [-0.2, -0.15) is 0 Å². The first-order chi connectivity index (χ1) is 15.1. The molecule has 2 aliphatic rings. The minimum Gasteiger partial charge on any atom is -0.508 e. The average molecular weight is 465 g/mol. The monoisotopic (exact) mass is 464 g/mol. The van der Waals surface area contributed by atoms with E-state index in [1.807, 2.05) is 33.7 Å². The summed E-state index contributed by atoms with van der Waals surface area (Å²) >= 11 is 0. The number of nitrogens with zero attached hydrogens (tertiary/aromatic N) is 1. The van der Waals surface area contributed by atoms with E-state index in [1.54, 1.807) is 6.07 Å². The summed E-state index contributed by atoms with van der Waals surface area (Å²) in [5.41, 5.74) is 1.39. The number of likely N-dealkylation sites (tertiary alicyclic amines) is 1. The molecule has 2 aliphatic heterocycles. The maximum absolute atomic E-state index is 12.2. The quantitative estimate of drug-likeness (QED) is 0.323. The minimum atomic E-state index is 0.120. The molecule has 0 spiro atoms. The van der Waals surface area contributed by atoms with Gasteiger partial charge in [0.25, 0.3) is 0 Å². The van der Waals surface area contributed by atoms with E-state index in [-0.39, 0.29) is 11.3 Å². The lowest BCUT2D eigenvalue weighted by atomic mass is 9.74. The van der Waals surface area contributed by atoms with E-state index in [0.29, 0.717) is 12.2 Å². The van der Waals surface area contributed by atoms with Crippen LogP contribution in [-0.4, -0.2) is 53.1 Å². The van der Waals surface area contributed by atoms with Crippen LogP contribution < -0.4 is 5.32 Å². The molecule has 2 N–H and O–H groups in total. The summed E-state index contributed by atoms with van der Waals surface area (Å²) < 4.78 is 0. The Labute approximate surface area is 196 Å². The van der Waals surface area contributed by atoms with Gasteiger partial charge in [-0.05, 0) is 75.7 Å². The van der Waals surface area contributed by atoms with Crippen LogP contribution in [0, 0.1) is 0 Å². The Balaban J connectivity index is 1.36. The largest absolute Gasteiger partial charge is 0.508 e. The van der Waals surface area contributed by atoms with Crippen molar-refractivity contribution in [1.82, 2.24) is 10.2 Å². The zero-order valence-corrected chi connectivity index (χ0v) is 20.7. The van der Waals surface area contributed by atoms with Crippen LogP contribution in [0.25, 0.3) is 0 Å². The molecule has 1 amide bonds. The smallest absolute Gasteiger partial charge is 0.219 e. The highest BCUT2D eigenvalue weighted by Gasteiger charge is 2.34. The number of unbranched alkanes of at least 4 members (excludes halogenated alkanes) is 1. The molecule has 1 aromatic rings. The second kappa shape index (κ2) is 13.0. The lowest BCUT2D eigenvalue weighted by Gasteiger charge is -2.36. The van der Waals surface area contributed by atoms with Gasteiger partial charge < -0.3 is 15.3 Å². The van der Waals surface area contributed by atoms with Gasteiger partial charge in [0.15, 0.2) is 0 Å². The number of rotatable bonds is 11. The molecule has 2 saturated heterocycles. The summed E-state index contributed by atoms with van der Waals surface area (Å²) in [6, 6.07) is 7.86. The van der Waals surface area contributed by atoms with Crippen molar-refractivity contribution >= 4 is 27.5 Å². The van der Waals surface area contributed by atoms with Gasteiger partial charge in [-0.3, -0.25) is 4.79 Å². The summed E-state index contributed by atoms with van der Waals surface area (Å²) in [4.78, 5) is 14.7. The van der Waals surface area contributed by atoms with E-state index in [9.17, 15) is 9.90 Å². The van der Waals surface area contributed by atoms with Gasteiger partial charge in [-0.15, -0.1) is 0 Å². The SMILES string of the molecule is CC[C@@]1(c2cccc(O)c2)CCCCN(CCCNC(=O)CCCCC2CCSS2)C1. The molecule has 0 aromatic heterocycles. The van der Waals surface area contributed by atoms with Crippen LogP contribution in [0.15, 0.2) is 24.3 Å². The second-order valence-electron chi connectivity index (χ2n) is 9.20. The number of phenols is 1. The molecule has 0 aliphatic carbocycles. The van der Waals surface area contributed by atoms with Crippen molar-refractivity contribution in [3.63, 3.8) is 0 Å². The maximum Gasteiger partial charge on any atom is 0.219 e. The Morgan fingerprint density at radius 1 is 1.29 bits per heavy atom. The fourth-order valence-corrected chi connectivity index (χ4v) is 8.01. The molecular formula is C25H40N2O2S2. The number of phenolic OH excluding ortho intramolecular Hbond substituents is 1. The highest BCUT2D eigenvalue weighted by Crippen LogP contribution is 2.40. The van der Waals surface area contributed by atoms with Crippen LogP contribution in [0.5, 0.6) is 5.75 Å². The molecule has 0 bridgehead atoms. The Hall–Kier alpha value is -0.850. The normalized spacial score (nSPS) is 24.7. The van der Waals surface area contributed by atoms with Crippen molar-refractivity contribution in [2.24, 2.45) is 0 Å². The lowest BCUT2D eigenvalue weighted by molar-refractivity contribution is -0.121. The highest BCUT2D eigenvalue weighted by molar-refractivity contribution is 8.77. The number of hydrogen-bond acceptors (Lipinski definition) is 5. The van der Waals surface area contributed by atoms with Crippen molar-refractivity contribution in [2.75, 3.05) is 31.9 Å². The zero-order valence-electron chi connectivity index (χ0n) is 19.1. The molecule has 1 aromatic carbocycles. The number of carbonyl (C=O) groups excluding carboxylic acids is 1. The van der Waals surface area contributed by atoms with E-state index in [2.05, 4.69) is 23.2 Å². The molecule has 174 valence electrons. The Morgan fingerprint density at radius 2 is 2.19 bits per heavy atom. The molecule has 4 nitrogen and oxygen atoms in total. The standard InChI is InChI=1S/C25H40N2O2S2/c1-2-25(21-9-7-10-22(28)19-21)14-5-6-16-27(20-25)17-8-15-26-24(29)12-4-3-11-23-13-18-30-31-23/h7,9-10,19,23,28H,2-6,8,11-18,20H2,1H3,(H,26,29)/t23?,25-/m1/s1. The number of hydrogen-bond donors (Lipinski definition) is 2. The molecule has 2 atom stereocenters. The number of benzene rings is 1. The molecule has 6 heteroatoms. The Kier molecular flexibility index (Phi) is 10.4. The Bertz CT molecular complexity index is 681. The van der Waals surface area contributed by atoms with E-state index in [1.165, 1.54) is 49.8 Å². The van der Waals surface area contributed by atoms with Crippen molar-refractivity contribution in [1.29, 1.82) is 0 Å². The first kappa shape index (κ1) is 24.8. The van der Waals surface area contributed by atoms with Crippen molar-refractivity contribution in [3.8, 4) is 5.75 Å². The summed E-state index contributed by atoms with van der Waals surface area (Å²) in [7, 11) is 4.03. The van der Waals surface area contributed by atoms with E-state index < -0.39 is 0 Å². The first-order valence-corrected chi connectivity index (χ1v) is 14.6. The van der Waals surface area contributed by atoms with Crippen molar-refractivity contribution in [2.45, 2.75) is 81.8 Å². The summed E-state index contributed by atoms with van der Waals surface area (Å²) in [6.45, 7) is 6.25. The average Bonchev–Trinajstić information content (AvgIpc) is 3.20. The fraction of sp³-hybridized carbons (Fsp3) is 0.720. The van der Waals surface area contributed by atoms with Gasteiger partial charge in [-0.25, -0.2) is 0 Å². The topological polar surface area (TPSA) is 52.6 Å². The van der Waals surface area contributed by atoms with Crippen molar-refractivity contribution < 1.29 is 9.90 Å². The molecule has 31 heavy (non-hydrogen) atoms. The van der Waals surface area contributed by atoms with Crippen LogP contribution in [-0.2, 0) is 10.2 Å². The minimum absolute atomic E-state index is 0.120. The van der Waals surface area contributed by atoms with Gasteiger partial charge in [0, 0.05) is 35.9 Å². The molecule has 1 unspecified atom stereocenters. The maximum atomic E-state index is 12.2. The molecule has 2 heterocycles. The van der Waals surface area contributed by atoms with Gasteiger partial charge >= 0.3 is 0 Å². The van der Waals surface area contributed by atoms with Crippen LogP contribution in [0.1, 0.15) is 76.7 Å². The molecule has 3 rings (SSSR count). The van der Waals surface area contributed by atoms with E-state index >= 15 is 0 Å². The van der Waals surface area contributed by atoms with E-state index in [0.717, 1.165) is 50.7 Å². The lowest BCUT2D eigenvalue weighted by Crippen LogP contribution is -2.40. The first-order valence-electron chi connectivity index (χ1n) is 12.2. The fourth-order valence-electron chi connectivity index (χ4n) is 4.98. The second-order valence-corrected chi connectivity index (χ2v) is 12.0. The van der Waals surface area contributed by atoms with Crippen LogP contribution in [0.3, 0.4) is 0 Å². The summed E-state index contributed by atoms with van der Waals surface area (Å²) in [6.07, 6.45) is 11.2. The molecule has 0 saturated carbocycles.